The number of aromatic amines is 1. The van der Waals surface area contributed by atoms with Gasteiger partial charge in [0.15, 0.2) is 5.82 Å². The van der Waals surface area contributed by atoms with Crippen molar-refractivity contribution in [1.82, 2.24) is 15.1 Å². The minimum atomic E-state index is -0.0859. The van der Waals surface area contributed by atoms with Crippen LogP contribution < -0.4 is 10.1 Å². The second-order valence-corrected chi connectivity index (χ2v) is 8.45. The molecule has 1 aromatic carbocycles. The summed E-state index contributed by atoms with van der Waals surface area (Å²) < 4.78 is 5.61. The number of amides is 1. The number of benzene rings is 1. The zero-order valence-corrected chi connectivity index (χ0v) is 17.8. The second-order valence-electron chi connectivity index (χ2n) is 8.45. The third-order valence-corrected chi connectivity index (χ3v) is 5.54. The highest BCUT2D eigenvalue weighted by Gasteiger charge is 2.35. The van der Waals surface area contributed by atoms with Gasteiger partial charge in [-0.05, 0) is 24.7 Å². The second kappa shape index (κ2) is 7.95. The largest absolute Gasteiger partial charge is 0.496 e. The Bertz CT molecular complexity index is 847. The topological polar surface area (TPSA) is 70.2 Å². The van der Waals surface area contributed by atoms with Crippen LogP contribution in [-0.4, -0.2) is 41.2 Å². The molecule has 6 heteroatoms. The van der Waals surface area contributed by atoms with E-state index in [9.17, 15) is 4.79 Å². The van der Waals surface area contributed by atoms with Crippen molar-refractivity contribution in [3.05, 3.63) is 40.6 Å². The van der Waals surface area contributed by atoms with E-state index in [4.69, 9.17) is 4.74 Å². The highest BCUT2D eigenvalue weighted by atomic mass is 16.5. The van der Waals surface area contributed by atoms with Crippen molar-refractivity contribution in [2.24, 2.45) is 0 Å². The van der Waals surface area contributed by atoms with Crippen molar-refractivity contribution in [1.29, 1.82) is 0 Å². The molecule has 1 aliphatic rings. The van der Waals surface area contributed by atoms with Crippen LogP contribution in [0.4, 0.5) is 5.82 Å². The van der Waals surface area contributed by atoms with Crippen LogP contribution in [0.15, 0.2) is 18.2 Å². The fourth-order valence-corrected chi connectivity index (χ4v) is 3.94. The highest BCUT2D eigenvalue weighted by Crippen LogP contribution is 2.42. The van der Waals surface area contributed by atoms with Crippen LogP contribution in [0.25, 0.3) is 0 Å². The first kappa shape index (κ1) is 20.4. The smallest absolute Gasteiger partial charge is 0.226 e. The van der Waals surface area contributed by atoms with Gasteiger partial charge in [0.1, 0.15) is 5.75 Å². The number of carbonyl (C=O) groups excluding carboxylic acids is 1. The Morgan fingerprint density at radius 2 is 1.96 bits per heavy atom. The maximum Gasteiger partial charge on any atom is 0.226 e. The molecule has 0 saturated carbocycles. The summed E-state index contributed by atoms with van der Waals surface area (Å²) >= 11 is 0. The van der Waals surface area contributed by atoms with Gasteiger partial charge >= 0.3 is 0 Å². The zero-order chi connectivity index (χ0) is 20.5. The Hall–Kier alpha value is -2.34. The molecule has 0 radical (unpaired) electrons. The maximum atomic E-state index is 12.3. The van der Waals surface area contributed by atoms with E-state index in [2.05, 4.69) is 67.2 Å². The van der Waals surface area contributed by atoms with E-state index in [0.29, 0.717) is 12.2 Å². The van der Waals surface area contributed by atoms with Gasteiger partial charge in [-0.2, -0.15) is 5.10 Å². The number of H-pyrrole nitrogens is 1. The van der Waals surface area contributed by atoms with Crippen LogP contribution in [0.5, 0.6) is 5.75 Å². The molecule has 2 heterocycles. The molecule has 1 amide bonds. The standard InChI is InChI=1S/C22H32N4O2/c1-7-26(8-2)13-15-11-14(9-10-17(15)28-6)16-12-18(27)23-21-19(16)20(24-25-21)22(3,4)5/h9-11,16H,7-8,12-13H2,1-6H3,(H2,23,24,25,27). The first-order valence-corrected chi connectivity index (χ1v) is 10.1. The number of fused-ring (bicyclic) bond motifs is 1. The molecule has 0 fully saturated rings. The Balaban J connectivity index is 2.07. The van der Waals surface area contributed by atoms with Crippen LogP contribution >= 0.6 is 0 Å². The third kappa shape index (κ3) is 3.92. The van der Waals surface area contributed by atoms with Crippen LogP contribution in [0.1, 0.15) is 69.3 Å². The van der Waals surface area contributed by atoms with Crippen molar-refractivity contribution in [3.8, 4) is 5.75 Å². The average Bonchev–Trinajstić information content (AvgIpc) is 3.09. The quantitative estimate of drug-likeness (QED) is 0.789. The number of hydrogen-bond donors (Lipinski definition) is 2. The molecular formula is C22H32N4O2. The monoisotopic (exact) mass is 384 g/mol. The summed E-state index contributed by atoms with van der Waals surface area (Å²) in [5, 5.41) is 10.5. The summed E-state index contributed by atoms with van der Waals surface area (Å²) in [5.41, 5.74) is 4.37. The summed E-state index contributed by atoms with van der Waals surface area (Å²) in [4.78, 5) is 14.7. The van der Waals surface area contributed by atoms with E-state index in [0.717, 1.165) is 47.8 Å². The van der Waals surface area contributed by atoms with Gasteiger partial charge in [0, 0.05) is 41.1 Å². The molecule has 0 saturated heterocycles. The summed E-state index contributed by atoms with van der Waals surface area (Å²) in [6.45, 7) is 13.6. The van der Waals surface area contributed by atoms with Gasteiger partial charge in [0.2, 0.25) is 5.91 Å². The Morgan fingerprint density at radius 1 is 1.25 bits per heavy atom. The number of ether oxygens (including phenoxy) is 1. The van der Waals surface area contributed by atoms with Crippen molar-refractivity contribution in [3.63, 3.8) is 0 Å². The molecule has 2 N–H and O–H groups in total. The number of aromatic nitrogens is 2. The average molecular weight is 385 g/mol. The molecule has 1 aromatic heterocycles. The molecule has 0 spiro atoms. The summed E-state index contributed by atoms with van der Waals surface area (Å²) in [5.74, 6) is 1.54. The first-order valence-electron chi connectivity index (χ1n) is 10.1. The van der Waals surface area contributed by atoms with Crippen LogP contribution in [0.2, 0.25) is 0 Å². The van der Waals surface area contributed by atoms with E-state index in [1.165, 1.54) is 0 Å². The van der Waals surface area contributed by atoms with Gasteiger partial charge in [0.25, 0.3) is 0 Å². The minimum Gasteiger partial charge on any atom is -0.496 e. The molecule has 1 aliphatic heterocycles. The third-order valence-electron chi connectivity index (χ3n) is 5.54. The fraction of sp³-hybridized carbons (Fsp3) is 0.545. The predicted molar refractivity (Wildman–Crippen MR) is 112 cm³/mol. The number of nitrogens with one attached hydrogen (secondary N) is 2. The summed E-state index contributed by atoms with van der Waals surface area (Å²) in [7, 11) is 1.71. The van der Waals surface area contributed by atoms with Crippen LogP contribution in [0, 0.1) is 0 Å². The van der Waals surface area contributed by atoms with Crippen molar-refractivity contribution in [2.75, 3.05) is 25.5 Å². The van der Waals surface area contributed by atoms with E-state index in [1.807, 2.05) is 6.07 Å². The van der Waals surface area contributed by atoms with Gasteiger partial charge in [-0.15, -0.1) is 0 Å². The molecule has 28 heavy (non-hydrogen) atoms. The van der Waals surface area contributed by atoms with Gasteiger partial charge in [-0.1, -0.05) is 46.8 Å². The molecule has 0 aliphatic carbocycles. The molecule has 6 nitrogen and oxygen atoms in total. The normalized spacial score (nSPS) is 16.8. The fourth-order valence-electron chi connectivity index (χ4n) is 3.94. The van der Waals surface area contributed by atoms with Crippen molar-refractivity contribution < 1.29 is 9.53 Å². The number of rotatable bonds is 6. The first-order chi connectivity index (χ1) is 13.3. The predicted octanol–water partition coefficient (Wildman–Crippen LogP) is 4.03. The summed E-state index contributed by atoms with van der Waals surface area (Å²) in [6, 6.07) is 6.30. The minimum absolute atomic E-state index is 0.00516. The molecule has 152 valence electrons. The van der Waals surface area contributed by atoms with E-state index in [-0.39, 0.29) is 17.2 Å². The number of methoxy groups -OCH3 is 1. The van der Waals surface area contributed by atoms with Gasteiger partial charge in [-0.3, -0.25) is 14.8 Å². The zero-order valence-electron chi connectivity index (χ0n) is 17.8. The van der Waals surface area contributed by atoms with Crippen LogP contribution in [-0.2, 0) is 16.8 Å². The van der Waals surface area contributed by atoms with E-state index < -0.39 is 0 Å². The molecule has 0 bridgehead atoms. The lowest BCUT2D eigenvalue weighted by Crippen LogP contribution is -2.26. The number of hydrogen-bond acceptors (Lipinski definition) is 4. The van der Waals surface area contributed by atoms with Gasteiger partial charge in [-0.25, -0.2) is 0 Å². The molecule has 1 atom stereocenters. The molecule has 2 aromatic rings. The Kier molecular flexibility index (Phi) is 5.79. The van der Waals surface area contributed by atoms with Crippen molar-refractivity contribution >= 4 is 11.7 Å². The lowest BCUT2D eigenvalue weighted by molar-refractivity contribution is -0.116. The molecule has 1 unspecified atom stereocenters. The number of carbonyl (C=O) groups is 1. The van der Waals surface area contributed by atoms with Gasteiger partial charge in [0.05, 0.1) is 7.11 Å². The number of anilines is 1. The van der Waals surface area contributed by atoms with E-state index >= 15 is 0 Å². The van der Waals surface area contributed by atoms with E-state index in [1.54, 1.807) is 7.11 Å². The van der Waals surface area contributed by atoms with Crippen molar-refractivity contribution in [2.45, 2.75) is 58.9 Å². The Morgan fingerprint density at radius 3 is 2.57 bits per heavy atom. The summed E-state index contributed by atoms with van der Waals surface area (Å²) in [6.07, 6.45) is 0.423. The van der Waals surface area contributed by atoms with Crippen LogP contribution in [0.3, 0.4) is 0 Å². The SMILES string of the molecule is CCN(CC)Cc1cc(C2CC(=O)Nc3n[nH]c(C(C)(C)C)c32)ccc1OC. The molecular weight excluding hydrogens is 352 g/mol. The maximum absolute atomic E-state index is 12.3. The Labute approximate surface area is 167 Å². The lowest BCUT2D eigenvalue weighted by Gasteiger charge is -2.28. The van der Waals surface area contributed by atoms with Gasteiger partial charge < -0.3 is 10.1 Å². The highest BCUT2D eigenvalue weighted by molar-refractivity contribution is 5.94. The lowest BCUT2D eigenvalue weighted by atomic mass is 9.79. The molecule has 3 rings (SSSR count). The number of nitrogens with zero attached hydrogens (tertiary/aromatic N) is 2.